The molecule has 0 aliphatic rings. The van der Waals surface area contributed by atoms with E-state index in [1.54, 1.807) is 48.9 Å². The summed E-state index contributed by atoms with van der Waals surface area (Å²) in [4.78, 5) is 25.5. The lowest BCUT2D eigenvalue weighted by Crippen LogP contribution is -2.21. The van der Waals surface area contributed by atoms with E-state index in [0.717, 1.165) is 10.2 Å². The Morgan fingerprint density at radius 3 is 2.84 bits per heavy atom. The first-order chi connectivity index (χ1) is 12.1. The van der Waals surface area contributed by atoms with Gasteiger partial charge in [-0.25, -0.2) is 4.79 Å². The topological polar surface area (TPSA) is 69.6 Å². The van der Waals surface area contributed by atoms with Crippen LogP contribution in [0.2, 0.25) is 0 Å². The zero-order chi connectivity index (χ0) is 17.8. The van der Waals surface area contributed by atoms with Crippen LogP contribution < -0.4 is 10.1 Å². The van der Waals surface area contributed by atoms with E-state index in [4.69, 9.17) is 9.47 Å². The van der Waals surface area contributed by atoms with Gasteiger partial charge >= 0.3 is 5.97 Å². The van der Waals surface area contributed by atoms with Crippen LogP contribution in [0.25, 0.3) is 10.2 Å². The fraction of sp³-hybridized carbons (Fsp3) is 0.222. The zero-order valence-electron chi connectivity index (χ0n) is 13.9. The molecule has 1 amide bonds. The molecule has 0 radical (unpaired) electrons. The van der Waals surface area contributed by atoms with E-state index in [2.05, 4.69) is 5.32 Å². The number of benzene rings is 1. The molecule has 3 aromatic rings. The Balaban J connectivity index is 1.83. The van der Waals surface area contributed by atoms with Crippen LogP contribution in [0.4, 0.5) is 5.69 Å². The number of fused-ring (bicyclic) bond motifs is 1. The summed E-state index contributed by atoms with van der Waals surface area (Å²) in [5, 5.41) is 5.67. The smallest absolute Gasteiger partial charge is 0.355 e. The summed E-state index contributed by atoms with van der Waals surface area (Å²) >= 11 is 1.48. The summed E-state index contributed by atoms with van der Waals surface area (Å²) in [6.45, 7) is 2.06. The molecule has 0 saturated heterocycles. The van der Waals surface area contributed by atoms with E-state index in [1.165, 1.54) is 11.3 Å². The van der Waals surface area contributed by atoms with Gasteiger partial charge in [-0.05, 0) is 36.6 Å². The molecule has 6 nitrogen and oxygen atoms in total. The van der Waals surface area contributed by atoms with Gasteiger partial charge in [0.1, 0.15) is 22.8 Å². The van der Waals surface area contributed by atoms with E-state index in [-0.39, 0.29) is 19.1 Å². The van der Waals surface area contributed by atoms with Gasteiger partial charge in [0.05, 0.1) is 13.7 Å². The number of amides is 1. The zero-order valence-corrected chi connectivity index (χ0v) is 14.8. The molecule has 0 fully saturated rings. The molecule has 0 spiro atoms. The molecule has 0 atom stereocenters. The number of carbonyl (C=O) groups excluding carboxylic acids is 2. The van der Waals surface area contributed by atoms with E-state index in [1.807, 2.05) is 11.4 Å². The third-order valence-corrected chi connectivity index (χ3v) is 4.59. The number of thiophene rings is 1. The van der Waals surface area contributed by atoms with Gasteiger partial charge < -0.3 is 19.4 Å². The summed E-state index contributed by atoms with van der Waals surface area (Å²) in [6.07, 6.45) is 0. The second-order valence-electron chi connectivity index (χ2n) is 5.30. The summed E-state index contributed by atoms with van der Waals surface area (Å²) in [6, 6.07) is 10.8. The first-order valence-corrected chi connectivity index (χ1v) is 8.68. The second kappa shape index (κ2) is 7.40. The van der Waals surface area contributed by atoms with Crippen molar-refractivity contribution in [3.05, 3.63) is 47.5 Å². The van der Waals surface area contributed by atoms with Crippen molar-refractivity contribution in [2.45, 2.75) is 13.5 Å². The van der Waals surface area contributed by atoms with Crippen LogP contribution in [0, 0.1) is 0 Å². The minimum Gasteiger partial charge on any atom is -0.497 e. The van der Waals surface area contributed by atoms with Crippen molar-refractivity contribution in [2.75, 3.05) is 19.0 Å². The van der Waals surface area contributed by atoms with Crippen molar-refractivity contribution in [2.24, 2.45) is 0 Å². The highest BCUT2D eigenvalue weighted by Crippen LogP contribution is 2.26. The number of nitrogens with zero attached hydrogens (tertiary/aromatic N) is 1. The SMILES string of the molecule is CCOC(=O)c1cc2ccsc2n1CC(=O)Nc1cccc(OC)c1. The highest BCUT2D eigenvalue weighted by atomic mass is 32.1. The predicted octanol–water partition coefficient (Wildman–Crippen LogP) is 3.53. The van der Waals surface area contributed by atoms with Crippen LogP contribution in [-0.2, 0) is 16.1 Å². The fourth-order valence-electron chi connectivity index (χ4n) is 2.55. The Labute approximate surface area is 149 Å². The van der Waals surface area contributed by atoms with Crippen LogP contribution in [0.1, 0.15) is 17.4 Å². The maximum Gasteiger partial charge on any atom is 0.355 e. The molecule has 1 aromatic carbocycles. The Morgan fingerprint density at radius 2 is 2.08 bits per heavy atom. The van der Waals surface area contributed by atoms with Gasteiger partial charge in [-0.2, -0.15) is 0 Å². The summed E-state index contributed by atoms with van der Waals surface area (Å²) < 4.78 is 11.9. The Kier molecular flexibility index (Phi) is 5.04. The van der Waals surface area contributed by atoms with Crippen LogP contribution in [-0.4, -0.2) is 30.2 Å². The lowest BCUT2D eigenvalue weighted by atomic mass is 10.3. The quantitative estimate of drug-likeness (QED) is 0.685. The van der Waals surface area contributed by atoms with Crippen molar-refractivity contribution in [3.63, 3.8) is 0 Å². The monoisotopic (exact) mass is 358 g/mol. The van der Waals surface area contributed by atoms with Gasteiger partial charge in [-0.15, -0.1) is 11.3 Å². The number of rotatable bonds is 6. The molecule has 130 valence electrons. The first-order valence-electron chi connectivity index (χ1n) is 7.80. The minimum absolute atomic E-state index is 0.0232. The molecule has 0 unspecified atom stereocenters. The molecule has 0 aliphatic carbocycles. The normalized spacial score (nSPS) is 10.6. The van der Waals surface area contributed by atoms with Crippen molar-refractivity contribution in [3.8, 4) is 5.75 Å². The minimum atomic E-state index is -0.430. The lowest BCUT2D eigenvalue weighted by molar-refractivity contribution is -0.116. The van der Waals surface area contributed by atoms with Gasteiger partial charge in [-0.3, -0.25) is 4.79 Å². The number of hydrogen-bond donors (Lipinski definition) is 1. The number of nitrogens with one attached hydrogen (secondary N) is 1. The standard InChI is InChI=1S/C18H18N2O4S/c1-3-24-18(22)15-9-12-7-8-25-17(12)20(15)11-16(21)19-13-5-4-6-14(10-13)23-2/h4-10H,3,11H2,1-2H3,(H,19,21). The highest BCUT2D eigenvalue weighted by molar-refractivity contribution is 7.16. The summed E-state index contributed by atoms with van der Waals surface area (Å²) in [5.41, 5.74) is 1.01. The van der Waals surface area contributed by atoms with Crippen molar-refractivity contribution in [1.82, 2.24) is 4.57 Å². The summed E-state index contributed by atoms with van der Waals surface area (Å²) in [7, 11) is 1.57. The van der Waals surface area contributed by atoms with Crippen molar-refractivity contribution < 1.29 is 19.1 Å². The van der Waals surface area contributed by atoms with Gasteiger partial charge in [0.15, 0.2) is 0 Å². The third-order valence-electron chi connectivity index (χ3n) is 3.64. The molecule has 1 N–H and O–H groups in total. The van der Waals surface area contributed by atoms with Crippen LogP contribution in [0.5, 0.6) is 5.75 Å². The van der Waals surface area contributed by atoms with E-state index < -0.39 is 5.97 Å². The van der Waals surface area contributed by atoms with Crippen molar-refractivity contribution in [1.29, 1.82) is 0 Å². The molecule has 0 saturated carbocycles. The van der Waals surface area contributed by atoms with E-state index in [9.17, 15) is 9.59 Å². The summed E-state index contributed by atoms with van der Waals surface area (Å²) in [5.74, 6) is -0.00333. The number of carbonyl (C=O) groups is 2. The molecule has 3 rings (SSSR count). The predicted molar refractivity (Wildman–Crippen MR) is 97.4 cm³/mol. The Morgan fingerprint density at radius 1 is 1.24 bits per heavy atom. The van der Waals surface area contributed by atoms with Gasteiger partial charge in [-0.1, -0.05) is 6.07 Å². The molecule has 7 heteroatoms. The molecular formula is C18H18N2O4S. The molecule has 0 bridgehead atoms. The average Bonchev–Trinajstić information content (AvgIpc) is 3.18. The number of hydrogen-bond acceptors (Lipinski definition) is 5. The number of methoxy groups -OCH3 is 1. The van der Waals surface area contributed by atoms with Gasteiger partial charge in [0, 0.05) is 17.1 Å². The Bertz CT molecular complexity index is 913. The number of aromatic nitrogens is 1. The van der Waals surface area contributed by atoms with Crippen LogP contribution in [0.15, 0.2) is 41.8 Å². The molecule has 0 aliphatic heterocycles. The third kappa shape index (κ3) is 3.66. The van der Waals surface area contributed by atoms with Gasteiger partial charge in [0.2, 0.25) is 5.91 Å². The number of ether oxygens (including phenoxy) is 2. The lowest BCUT2D eigenvalue weighted by Gasteiger charge is -2.10. The van der Waals surface area contributed by atoms with E-state index >= 15 is 0 Å². The number of anilines is 1. The first kappa shape index (κ1) is 17.0. The Hall–Kier alpha value is -2.80. The van der Waals surface area contributed by atoms with Crippen molar-refractivity contribution >= 4 is 39.1 Å². The van der Waals surface area contributed by atoms with Crippen LogP contribution in [0.3, 0.4) is 0 Å². The maximum atomic E-state index is 12.5. The highest BCUT2D eigenvalue weighted by Gasteiger charge is 2.19. The maximum absolute atomic E-state index is 12.5. The fourth-order valence-corrected chi connectivity index (χ4v) is 3.45. The average molecular weight is 358 g/mol. The molecule has 25 heavy (non-hydrogen) atoms. The van der Waals surface area contributed by atoms with Crippen LogP contribution >= 0.6 is 11.3 Å². The van der Waals surface area contributed by atoms with E-state index in [0.29, 0.717) is 17.1 Å². The second-order valence-corrected chi connectivity index (χ2v) is 6.19. The molecule has 2 heterocycles. The molecular weight excluding hydrogens is 340 g/mol. The van der Waals surface area contributed by atoms with Gasteiger partial charge in [0.25, 0.3) is 0 Å². The largest absolute Gasteiger partial charge is 0.497 e. The molecule has 2 aromatic heterocycles. The number of esters is 1.